The topological polar surface area (TPSA) is 35.6 Å². The Morgan fingerprint density at radius 3 is 2.44 bits per heavy atom. The second-order valence-corrected chi connectivity index (χ2v) is 5.80. The van der Waals surface area contributed by atoms with Crippen LogP contribution in [0.2, 0.25) is 5.15 Å². The lowest BCUT2D eigenvalue weighted by molar-refractivity contribution is 0.356. The summed E-state index contributed by atoms with van der Waals surface area (Å²) in [4.78, 5) is 0. The molecule has 18 heavy (non-hydrogen) atoms. The first kappa shape index (κ1) is 13.4. The minimum atomic E-state index is -0.186. The smallest absolute Gasteiger partial charge is 0.132 e. The third kappa shape index (κ3) is 2.15. The average molecular weight is 287 g/mol. The van der Waals surface area contributed by atoms with Crippen molar-refractivity contribution in [2.24, 2.45) is 7.05 Å². The molecule has 0 aromatic carbocycles. The van der Waals surface area contributed by atoms with Crippen LogP contribution in [0.3, 0.4) is 0 Å². The maximum atomic E-state index is 6.37. The van der Waals surface area contributed by atoms with E-state index in [0.717, 1.165) is 17.0 Å². The summed E-state index contributed by atoms with van der Waals surface area (Å²) in [5.41, 5.74) is 2.37. The summed E-state index contributed by atoms with van der Waals surface area (Å²) < 4.78 is 3.57. The molecule has 0 N–H and O–H groups in total. The van der Waals surface area contributed by atoms with Gasteiger partial charge in [0.05, 0.1) is 17.1 Å². The predicted molar refractivity (Wildman–Crippen MR) is 74.0 cm³/mol. The molecule has 2 rings (SSSR count). The third-order valence-electron chi connectivity index (χ3n) is 2.75. The second-order valence-electron chi connectivity index (χ2n) is 5.17. The van der Waals surface area contributed by atoms with Crippen LogP contribution in [-0.4, -0.2) is 19.6 Å². The van der Waals surface area contributed by atoms with Crippen molar-refractivity contribution in [1.29, 1.82) is 0 Å². The number of rotatable bonds is 2. The molecule has 6 heteroatoms. The molecule has 2 aromatic rings. The van der Waals surface area contributed by atoms with Gasteiger partial charge < -0.3 is 0 Å². The van der Waals surface area contributed by atoms with E-state index in [0.29, 0.717) is 11.0 Å². The number of halogens is 2. The van der Waals surface area contributed by atoms with Crippen LogP contribution in [0.5, 0.6) is 0 Å². The molecule has 2 heterocycles. The zero-order chi connectivity index (χ0) is 13.5. The summed E-state index contributed by atoms with van der Waals surface area (Å²) in [6.45, 7) is 6.16. The average Bonchev–Trinajstić information content (AvgIpc) is 2.80. The third-order valence-corrected chi connectivity index (χ3v) is 3.41. The lowest BCUT2D eigenvalue weighted by Gasteiger charge is -2.20. The molecule has 0 aliphatic heterocycles. The van der Waals surface area contributed by atoms with Crippen molar-refractivity contribution in [3.8, 4) is 11.4 Å². The molecule has 0 aliphatic carbocycles. The molecule has 2 aromatic heterocycles. The highest BCUT2D eigenvalue weighted by atomic mass is 35.5. The summed E-state index contributed by atoms with van der Waals surface area (Å²) in [5.74, 6) is 0.329. The molecule has 0 spiro atoms. The molecule has 0 amide bonds. The molecule has 0 fully saturated rings. The fourth-order valence-electron chi connectivity index (χ4n) is 1.80. The van der Waals surface area contributed by atoms with Gasteiger partial charge in [-0.05, 0) is 26.8 Å². The van der Waals surface area contributed by atoms with E-state index >= 15 is 0 Å². The van der Waals surface area contributed by atoms with Crippen molar-refractivity contribution in [2.45, 2.75) is 32.2 Å². The van der Waals surface area contributed by atoms with E-state index in [1.807, 2.05) is 13.1 Å². The van der Waals surface area contributed by atoms with Crippen LogP contribution in [0.4, 0.5) is 0 Å². The molecule has 4 nitrogen and oxygen atoms in total. The summed E-state index contributed by atoms with van der Waals surface area (Å²) in [5, 5.41) is 9.34. The standard InChI is InChI=1S/C12H16Cl2N4/c1-12(2,3)18-11(14)8(7-13)10(16-18)9-5-6-15-17(9)4/h5-6H,7H2,1-4H3. The molecule has 0 bridgehead atoms. The number of hydrogen-bond acceptors (Lipinski definition) is 2. The van der Waals surface area contributed by atoms with E-state index in [4.69, 9.17) is 23.2 Å². The first-order chi connectivity index (χ1) is 8.36. The van der Waals surface area contributed by atoms with Gasteiger partial charge in [-0.25, -0.2) is 4.68 Å². The maximum absolute atomic E-state index is 6.37. The van der Waals surface area contributed by atoms with Gasteiger partial charge in [-0.2, -0.15) is 10.2 Å². The lowest BCUT2D eigenvalue weighted by Crippen LogP contribution is -2.23. The summed E-state index contributed by atoms with van der Waals surface area (Å²) in [7, 11) is 1.87. The minimum absolute atomic E-state index is 0.186. The van der Waals surface area contributed by atoms with Gasteiger partial charge in [0, 0.05) is 18.8 Å². The van der Waals surface area contributed by atoms with Gasteiger partial charge >= 0.3 is 0 Å². The van der Waals surface area contributed by atoms with Crippen LogP contribution >= 0.6 is 23.2 Å². The Bertz CT molecular complexity index is 563. The highest BCUT2D eigenvalue weighted by molar-refractivity contribution is 6.31. The van der Waals surface area contributed by atoms with Crippen molar-refractivity contribution in [3.63, 3.8) is 0 Å². The van der Waals surface area contributed by atoms with Crippen LogP contribution in [0.1, 0.15) is 26.3 Å². The van der Waals surface area contributed by atoms with Crippen LogP contribution in [0.25, 0.3) is 11.4 Å². The van der Waals surface area contributed by atoms with E-state index in [1.165, 1.54) is 0 Å². The molecular formula is C12H16Cl2N4. The fraction of sp³-hybridized carbons (Fsp3) is 0.500. The monoisotopic (exact) mass is 286 g/mol. The van der Waals surface area contributed by atoms with Gasteiger partial charge in [-0.1, -0.05) is 11.6 Å². The first-order valence-electron chi connectivity index (χ1n) is 5.68. The summed E-state index contributed by atoms with van der Waals surface area (Å²) in [6, 6.07) is 1.90. The van der Waals surface area contributed by atoms with Crippen LogP contribution in [0.15, 0.2) is 12.3 Å². The Morgan fingerprint density at radius 1 is 1.33 bits per heavy atom. The first-order valence-corrected chi connectivity index (χ1v) is 6.59. The molecule has 0 radical (unpaired) electrons. The molecule has 0 unspecified atom stereocenters. The maximum Gasteiger partial charge on any atom is 0.132 e. The quantitative estimate of drug-likeness (QED) is 0.793. The Hall–Kier alpha value is -1.00. The van der Waals surface area contributed by atoms with Crippen molar-refractivity contribution >= 4 is 23.2 Å². The van der Waals surface area contributed by atoms with Gasteiger partial charge in [-0.3, -0.25) is 4.68 Å². The van der Waals surface area contributed by atoms with E-state index in [-0.39, 0.29) is 5.54 Å². The zero-order valence-electron chi connectivity index (χ0n) is 10.9. The van der Waals surface area contributed by atoms with Gasteiger partial charge in [0.1, 0.15) is 10.8 Å². The Morgan fingerprint density at radius 2 is 2.00 bits per heavy atom. The van der Waals surface area contributed by atoms with E-state index < -0.39 is 0 Å². The van der Waals surface area contributed by atoms with Crippen molar-refractivity contribution in [2.75, 3.05) is 0 Å². The highest BCUT2D eigenvalue weighted by Gasteiger charge is 2.25. The largest absolute Gasteiger partial charge is 0.266 e. The van der Waals surface area contributed by atoms with Gasteiger partial charge in [0.15, 0.2) is 0 Å². The normalized spacial score (nSPS) is 12.1. The van der Waals surface area contributed by atoms with E-state index in [2.05, 4.69) is 31.0 Å². The Labute approximate surface area is 116 Å². The molecule has 98 valence electrons. The van der Waals surface area contributed by atoms with Crippen LogP contribution < -0.4 is 0 Å². The van der Waals surface area contributed by atoms with E-state index in [1.54, 1.807) is 15.6 Å². The Balaban J connectivity index is 2.66. The molecule has 0 saturated carbocycles. The summed E-state index contributed by atoms with van der Waals surface area (Å²) in [6.07, 6.45) is 1.73. The number of alkyl halides is 1. The lowest BCUT2D eigenvalue weighted by atomic mass is 10.1. The fourth-order valence-corrected chi connectivity index (χ4v) is 2.57. The zero-order valence-corrected chi connectivity index (χ0v) is 12.4. The number of aromatic nitrogens is 4. The van der Waals surface area contributed by atoms with E-state index in [9.17, 15) is 0 Å². The summed E-state index contributed by atoms with van der Waals surface area (Å²) >= 11 is 12.4. The Kier molecular flexibility index (Phi) is 3.43. The van der Waals surface area contributed by atoms with Gasteiger partial charge in [-0.15, -0.1) is 11.6 Å². The predicted octanol–water partition coefficient (Wildman–Crippen LogP) is 3.43. The molecule has 0 saturated heterocycles. The second kappa shape index (κ2) is 4.59. The van der Waals surface area contributed by atoms with Gasteiger partial charge in [0.25, 0.3) is 0 Å². The van der Waals surface area contributed by atoms with Crippen molar-refractivity contribution in [3.05, 3.63) is 23.0 Å². The SMILES string of the molecule is Cn1nccc1-c1nn(C(C)(C)C)c(Cl)c1CCl. The molecule has 0 atom stereocenters. The van der Waals surface area contributed by atoms with Gasteiger partial charge in [0.2, 0.25) is 0 Å². The minimum Gasteiger partial charge on any atom is -0.266 e. The number of nitrogens with zero attached hydrogens (tertiary/aromatic N) is 4. The highest BCUT2D eigenvalue weighted by Crippen LogP contribution is 2.33. The van der Waals surface area contributed by atoms with Crippen molar-refractivity contribution < 1.29 is 0 Å². The molecule has 0 aliphatic rings. The number of hydrogen-bond donors (Lipinski definition) is 0. The number of aryl methyl sites for hydroxylation is 1. The van der Waals surface area contributed by atoms with Crippen molar-refractivity contribution in [1.82, 2.24) is 19.6 Å². The van der Waals surface area contributed by atoms with Crippen LogP contribution in [-0.2, 0) is 18.5 Å². The molecular weight excluding hydrogens is 271 g/mol. The van der Waals surface area contributed by atoms with Crippen LogP contribution in [0, 0.1) is 0 Å².